The first-order valence-corrected chi connectivity index (χ1v) is 11.6. The molecule has 1 saturated heterocycles. The molecule has 6 nitrogen and oxygen atoms in total. The quantitative estimate of drug-likeness (QED) is 0.428. The maximum atomic E-state index is 13.6. The number of benzene rings is 2. The van der Waals surface area contributed by atoms with Crippen molar-refractivity contribution in [1.29, 1.82) is 0 Å². The molecule has 32 heavy (non-hydrogen) atoms. The highest BCUT2D eigenvalue weighted by atomic mass is 35.5. The van der Waals surface area contributed by atoms with Crippen LogP contribution in [0, 0.1) is 0 Å². The number of alkyl halides is 3. The maximum absolute atomic E-state index is 13.6. The van der Waals surface area contributed by atoms with Crippen LogP contribution >= 0.6 is 23.8 Å². The van der Waals surface area contributed by atoms with E-state index in [2.05, 4.69) is 17.2 Å². The summed E-state index contributed by atoms with van der Waals surface area (Å²) in [6, 6.07) is 6.99. The predicted octanol–water partition coefficient (Wildman–Crippen LogP) is 5.68. The minimum absolute atomic E-state index is 0.0540. The molecule has 0 aromatic heterocycles. The zero-order valence-electron chi connectivity index (χ0n) is 16.3. The summed E-state index contributed by atoms with van der Waals surface area (Å²) >= 11 is 10.5. The Labute approximate surface area is 192 Å². The van der Waals surface area contributed by atoms with Crippen LogP contribution in [0.3, 0.4) is 0 Å². The summed E-state index contributed by atoms with van der Waals surface area (Å²) in [5.74, 6) is 0. The lowest BCUT2D eigenvalue weighted by atomic mass is 9.98. The van der Waals surface area contributed by atoms with Gasteiger partial charge in [-0.15, -0.1) is 0 Å². The Balaban J connectivity index is 1.95. The molecule has 2 aromatic carbocycles. The van der Waals surface area contributed by atoms with Crippen LogP contribution in [0.15, 0.2) is 46.3 Å². The van der Waals surface area contributed by atoms with Crippen molar-refractivity contribution in [2.45, 2.75) is 29.2 Å². The van der Waals surface area contributed by atoms with Crippen molar-refractivity contribution >= 4 is 50.6 Å². The third-order valence-corrected chi connectivity index (χ3v) is 7.85. The fraction of sp³-hybridized carbons (Fsp3) is 0.300. The lowest BCUT2D eigenvalue weighted by Crippen LogP contribution is -2.41. The summed E-state index contributed by atoms with van der Waals surface area (Å²) in [7, 11) is -3.78. The van der Waals surface area contributed by atoms with Gasteiger partial charge in [0.2, 0.25) is 0 Å². The molecule has 0 atom stereocenters. The monoisotopic (exact) mass is 504 g/mol. The molecule has 0 spiro atoms. The Morgan fingerprint density at radius 2 is 1.78 bits per heavy atom. The number of carbonyl (C=O) groups is 1. The molecule has 1 fully saturated rings. The topological polar surface area (TPSA) is 87.0 Å². The molecule has 0 unspecified atom stereocenters. The first-order valence-electron chi connectivity index (χ1n) is 9.26. The molecule has 2 aromatic rings. The minimum Gasteiger partial charge on any atom is -0.465 e. The van der Waals surface area contributed by atoms with E-state index in [4.69, 9.17) is 16.7 Å². The van der Waals surface area contributed by atoms with E-state index in [-0.39, 0.29) is 52.7 Å². The molecule has 1 aliphatic heterocycles. The fourth-order valence-electron chi connectivity index (χ4n) is 3.59. The van der Waals surface area contributed by atoms with Crippen LogP contribution in [0.1, 0.15) is 18.4 Å². The van der Waals surface area contributed by atoms with Gasteiger partial charge in [0.15, 0.2) is 9.84 Å². The van der Waals surface area contributed by atoms with E-state index in [1.807, 2.05) is 5.16 Å². The number of hydrogen-bond acceptors (Lipinski definition) is 5. The summed E-state index contributed by atoms with van der Waals surface area (Å²) in [5, 5.41) is 10.0. The zero-order chi connectivity index (χ0) is 23.7. The summed E-state index contributed by atoms with van der Waals surface area (Å²) in [4.78, 5) is 15.7. The van der Waals surface area contributed by atoms with Crippen LogP contribution in [0.25, 0.3) is 11.1 Å². The predicted molar refractivity (Wildman–Crippen MR) is 116 cm³/mol. The number of piperidine rings is 1. The number of carboxylic acid groups (broad SMARTS) is 1. The molecule has 1 heterocycles. The average Bonchev–Trinajstić information content (AvgIpc) is 2.73. The fourth-order valence-corrected chi connectivity index (χ4v) is 5.75. The highest BCUT2D eigenvalue weighted by Crippen LogP contribution is 2.43. The molecular formula is C20H16ClF3N2O4S2. The van der Waals surface area contributed by atoms with Gasteiger partial charge in [0.05, 0.1) is 31.6 Å². The van der Waals surface area contributed by atoms with E-state index in [1.54, 1.807) is 0 Å². The Kier molecular flexibility index (Phi) is 6.94. The van der Waals surface area contributed by atoms with E-state index in [1.165, 1.54) is 30.3 Å². The number of halogens is 4. The van der Waals surface area contributed by atoms with Crippen LogP contribution < -0.4 is 0 Å². The molecule has 170 valence electrons. The number of sulfone groups is 1. The smallest absolute Gasteiger partial charge is 0.417 e. The standard InChI is InChI=1S/C20H16ClF3N2O4S2/c21-17-10-13(25-11-31)9-16(20(22,23)24)18(17)12-1-3-14(4-2-12)32(29,30)15-5-7-26(8-6-15)19(27)28/h1-4,9-10,15H,5-8H2,(H,27,28). The molecule has 12 heteroatoms. The Morgan fingerprint density at radius 1 is 1.19 bits per heavy atom. The lowest BCUT2D eigenvalue weighted by molar-refractivity contribution is -0.137. The van der Waals surface area contributed by atoms with Gasteiger partial charge in [-0.05, 0) is 54.9 Å². The van der Waals surface area contributed by atoms with Crippen molar-refractivity contribution in [2.24, 2.45) is 4.99 Å². The molecule has 0 aliphatic carbocycles. The van der Waals surface area contributed by atoms with Crippen molar-refractivity contribution in [3.05, 3.63) is 47.0 Å². The molecule has 1 amide bonds. The molecule has 1 aliphatic rings. The van der Waals surface area contributed by atoms with Crippen LogP contribution in [0.4, 0.5) is 23.7 Å². The molecule has 3 rings (SSSR count). The summed E-state index contributed by atoms with van der Waals surface area (Å²) in [6.07, 6.45) is -5.57. The van der Waals surface area contributed by atoms with Crippen LogP contribution in [-0.4, -0.2) is 48.0 Å². The maximum Gasteiger partial charge on any atom is 0.417 e. The number of isothiocyanates is 1. The first kappa shape index (κ1) is 24.2. The number of thiocarbonyl (C=S) groups is 1. The third-order valence-electron chi connectivity index (χ3n) is 5.18. The number of aliphatic imine (C=N–C) groups is 1. The first-order chi connectivity index (χ1) is 14.9. The number of hydrogen-bond donors (Lipinski definition) is 1. The number of likely N-dealkylation sites (tertiary alicyclic amines) is 1. The van der Waals surface area contributed by atoms with Gasteiger partial charge < -0.3 is 10.0 Å². The molecule has 1 N–H and O–H groups in total. The SMILES string of the molecule is O=C(O)N1CCC(S(=O)(=O)c2ccc(-c3c(Cl)cc(N=C=S)cc3C(F)(F)F)cc2)CC1. The van der Waals surface area contributed by atoms with Crippen molar-refractivity contribution in [3.63, 3.8) is 0 Å². The Bertz CT molecular complexity index is 1190. The van der Waals surface area contributed by atoms with E-state index in [9.17, 15) is 26.4 Å². The average molecular weight is 505 g/mol. The second-order valence-electron chi connectivity index (χ2n) is 7.09. The Hall–Kier alpha value is -2.46. The molecule has 0 saturated carbocycles. The molecule has 0 radical (unpaired) electrons. The van der Waals surface area contributed by atoms with E-state index >= 15 is 0 Å². The van der Waals surface area contributed by atoms with Crippen LogP contribution in [-0.2, 0) is 16.0 Å². The normalized spacial score (nSPS) is 15.3. The van der Waals surface area contributed by atoms with Gasteiger partial charge in [-0.2, -0.15) is 18.2 Å². The van der Waals surface area contributed by atoms with E-state index in [0.717, 1.165) is 11.0 Å². The largest absolute Gasteiger partial charge is 0.465 e. The van der Waals surface area contributed by atoms with Gasteiger partial charge in [0.1, 0.15) is 0 Å². The lowest BCUT2D eigenvalue weighted by Gasteiger charge is -2.29. The number of nitrogens with zero attached hydrogens (tertiary/aromatic N) is 2. The number of rotatable bonds is 4. The van der Waals surface area contributed by atoms with Gasteiger partial charge in [-0.1, -0.05) is 23.7 Å². The molecule has 0 bridgehead atoms. The van der Waals surface area contributed by atoms with Gasteiger partial charge in [-0.25, -0.2) is 13.2 Å². The molecular weight excluding hydrogens is 489 g/mol. The summed E-state index contributed by atoms with van der Waals surface area (Å²) in [6.45, 7) is 0.191. The van der Waals surface area contributed by atoms with E-state index < -0.39 is 32.9 Å². The zero-order valence-corrected chi connectivity index (χ0v) is 18.7. The Morgan fingerprint density at radius 3 is 2.28 bits per heavy atom. The number of amides is 1. The van der Waals surface area contributed by atoms with Gasteiger partial charge in [0, 0.05) is 18.7 Å². The van der Waals surface area contributed by atoms with Crippen molar-refractivity contribution in [2.75, 3.05) is 13.1 Å². The second kappa shape index (κ2) is 9.19. The van der Waals surface area contributed by atoms with Crippen LogP contribution in [0.2, 0.25) is 5.02 Å². The van der Waals surface area contributed by atoms with Crippen molar-refractivity contribution < 1.29 is 31.5 Å². The van der Waals surface area contributed by atoms with Gasteiger partial charge in [0.25, 0.3) is 0 Å². The van der Waals surface area contributed by atoms with Crippen molar-refractivity contribution in [3.8, 4) is 11.1 Å². The van der Waals surface area contributed by atoms with E-state index in [0.29, 0.717) is 0 Å². The van der Waals surface area contributed by atoms with Gasteiger partial charge >= 0.3 is 12.3 Å². The highest BCUT2D eigenvalue weighted by Gasteiger charge is 2.36. The second-order valence-corrected chi connectivity index (χ2v) is 9.91. The van der Waals surface area contributed by atoms with Gasteiger partial charge in [-0.3, -0.25) is 0 Å². The minimum atomic E-state index is -4.74. The summed E-state index contributed by atoms with van der Waals surface area (Å²) in [5.41, 5.74) is -1.36. The van der Waals surface area contributed by atoms with Crippen LogP contribution in [0.5, 0.6) is 0 Å². The highest BCUT2D eigenvalue weighted by molar-refractivity contribution is 7.92. The summed E-state index contributed by atoms with van der Waals surface area (Å²) < 4.78 is 66.8. The third kappa shape index (κ3) is 4.96. The van der Waals surface area contributed by atoms with Crippen molar-refractivity contribution in [1.82, 2.24) is 4.90 Å².